The highest BCUT2D eigenvalue weighted by atomic mass is 16.5. The van der Waals surface area contributed by atoms with Gasteiger partial charge in [0.05, 0.1) is 6.61 Å². The van der Waals surface area contributed by atoms with E-state index in [1.54, 1.807) is 0 Å². The van der Waals surface area contributed by atoms with Gasteiger partial charge in [0.1, 0.15) is 0 Å². The lowest BCUT2D eigenvalue weighted by Crippen LogP contribution is -2.28. The minimum atomic E-state index is 0.378. The molecular weight excluding hydrogens is 268 g/mol. The maximum atomic E-state index is 5.41. The second kappa shape index (κ2) is 6.43. The molecule has 1 unspecified atom stereocenters. The third-order valence-corrected chi connectivity index (χ3v) is 3.84. The van der Waals surface area contributed by atoms with Gasteiger partial charge >= 0.3 is 6.01 Å². The molecule has 0 spiro atoms. The molecule has 3 rings (SSSR count). The van der Waals surface area contributed by atoms with Crippen LogP contribution in [0.25, 0.3) is 0 Å². The molecule has 1 aliphatic carbocycles. The summed E-state index contributed by atoms with van der Waals surface area (Å²) < 4.78 is 5.41. The number of ether oxygens (including phenoxy) is 1. The number of rotatable bonds is 7. The van der Waals surface area contributed by atoms with Gasteiger partial charge in [-0.05, 0) is 33.1 Å². The van der Waals surface area contributed by atoms with Crippen molar-refractivity contribution in [2.24, 2.45) is 0 Å². The topological polar surface area (TPSA) is 75.2 Å². The number of likely N-dealkylation sites (tertiary alicyclic amines) is 1. The molecular formula is C14H24N6O. The number of anilines is 2. The average Bonchev–Trinajstić information content (AvgIpc) is 3.20. The molecule has 1 atom stereocenters. The van der Waals surface area contributed by atoms with Crippen molar-refractivity contribution in [3.05, 3.63) is 0 Å². The zero-order valence-corrected chi connectivity index (χ0v) is 12.8. The number of hydrogen-bond donors (Lipinski definition) is 2. The van der Waals surface area contributed by atoms with Gasteiger partial charge in [-0.15, -0.1) is 0 Å². The highest BCUT2D eigenvalue weighted by Crippen LogP contribution is 2.30. The maximum absolute atomic E-state index is 5.41. The number of aromatic nitrogens is 3. The Bertz CT molecular complexity index is 454. The Kier molecular flexibility index (Phi) is 4.38. The Labute approximate surface area is 125 Å². The highest BCUT2D eigenvalue weighted by Gasteiger charge is 2.34. The molecule has 7 heteroatoms. The Hall–Kier alpha value is -1.63. The predicted molar refractivity (Wildman–Crippen MR) is 81.8 cm³/mol. The van der Waals surface area contributed by atoms with E-state index >= 15 is 0 Å². The van der Waals surface area contributed by atoms with Crippen LogP contribution in [-0.4, -0.2) is 58.2 Å². The zero-order valence-electron chi connectivity index (χ0n) is 12.8. The van der Waals surface area contributed by atoms with E-state index in [0.717, 1.165) is 25.6 Å². The third kappa shape index (κ3) is 3.72. The van der Waals surface area contributed by atoms with Crippen LogP contribution in [0.15, 0.2) is 0 Å². The van der Waals surface area contributed by atoms with E-state index < -0.39 is 0 Å². The van der Waals surface area contributed by atoms with E-state index in [4.69, 9.17) is 4.74 Å². The molecule has 116 valence electrons. The monoisotopic (exact) mass is 292 g/mol. The van der Waals surface area contributed by atoms with Crippen molar-refractivity contribution in [2.45, 2.75) is 45.2 Å². The van der Waals surface area contributed by atoms with E-state index in [9.17, 15) is 0 Å². The molecule has 2 fully saturated rings. The largest absolute Gasteiger partial charge is 0.464 e. The summed E-state index contributed by atoms with van der Waals surface area (Å²) in [6.45, 7) is 7.51. The summed E-state index contributed by atoms with van der Waals surface area (Å²) in [4.78, 5) is 15.5. The van der Waals surface area contributed by atoms with Crippen LogP contribution in [0.1, 0.15) is 33.1 Å². The lowest BCUT2D eigenvalue weighted by atomic mass is 10.3. The second-order valence-electron chi connectivity index (χ2n) is 5.58. The van der Waals surface area contributed by atoms with Crippen LogP contribution < -0.4 is 15.4 Å². The Balaban J connectivity index is 1.65. The van der Waals surface area contributed by atoms with Gasteiger partial charge in [0.15, 0.2) is 0 Å². The molecule has 1 saturated carbocycles. The lowest BCUT2D eigenvalue weighted by molar-refractivity contribution is 0.312. The van der Waals surface area contributed by atoms with Gasteiger partial charge in [-0.3, -0.25) is 4.90 Å². The summed E-state index contributed by atoms with van der Waals surface area (Å²) in [6.07, 6.45) is 3.86. The van der Waals surface area contributed by atoms with E-state index in [0.29, 0.717) is 30.6 Å². The molecule has 21 heavy (non-hydrogen) atoms. The molecule has 1 aromatic heterocycles. The SMILES string of the molecule is CCNc1nc(NC2CCN(C3CC3)C2)nc(OCC)n1. The van der Waals surface area contributed by atoms with Crippen molar-refractivity contribution in [1.29, 1.82) is 0 Å². The fraction of sp³-hybridized carbons (Fsp3) is 0.786. The first-order valence-electron chi connectivity index (χ1n) is 7.91. The first kappa shape index (κ1) is 14.3. The molecule has 1 saturated heterocycles. The average molecular weight is 292 g/mol. The smallest absolute Gasteiger partial charge is 0.323 e. The normalized spacial score (nSPS) is 22.3. The minimum Gasteiger partial charge on any atom is -0.464 e. The third-order valence-electron chi connectivity index (χ3n) is 3.84. The summed E-state index contributed by atoms with van der Waals surface area (Å²) >= 11 is 0. The fourth-order valence-corrected chi connectivity index (χ4v) is 2.71. The van der Waals surface area contributed by atoms with Gasteiger partial charge in [-0.2, -0.15) is 15.0 Å². The van der Waals surface area contributed by atoms with Crippen molar-refractivity contribution < 1.29 is 4.74 Å². The molecule has 0 aromatic carbocycles. The molecule has 0 amide bonds. The Morgan fingerprint density at radius 2 is 1.95 bits per heavy atom. The number of nitrogens with zero attached hydrogens (tertiary/aromatic N) is 4. The molecule has 2 aliphatic rings. The van der Waals surface area contributed by atoms with Gasteiger partial charge < -0.3 is 15.4 Å². The van der Waals surface area contributed by atoms with E-state index in [-0.39, 0.29) is 0 Å². The van der Waals surface area contributed by atoms with Crippen molar-refractivity contribution in [1.82, 2.24) is 19.9 Å². The Morgan fingerprint density at radius 1 is 1.14 bits per heavy atom. The molecule has 0 bridgehead atoms. The van der Waals surface area contributed by atoms with Crippen LogP contribution in [0, 0.1) is 0 Å². The van der Waals surface area contributed by atoms with E-state index in [1.165, 1.54) is 19.4 Å². The summed E-state index contributed by atoms with van der Waals surface area (Å²) in [5.41, 5.74) is 0. The molecule has 2 heterocycles. The lowest BCUT2D eigenvalue weighted by Gasteiger charge is -2.16. The van der Waals surface area contributed by atoms with E-state index in [2.05, 4.69) is 30.5 Å². The molecule has 7 nitrogen and oxygen atoms in total. The maximum Gasteiger partial charge on any atom is 0.323 e. The minimum absolute atomic E-state index is 0.378. The summed E-state index contributed by atoms with van der Waals surface area (Å²) in [6, 6.07) is 1.62. The fourth-order valence-electron chi connectivity index (χ4n) is 2.71. The van der Waals surface area contributed by atoms with Crippen LogP contribution in [0.2, 0.25) is 0 Å². The van der Waals surface area contributed by atoms with Crippen LogP contribution in [0.5, 0.6) is 6.01 Å². The zero-order chi connectivity index (χ0) is 14.7. The molecule has 0 radical (unpaired) electrons. The first-order valence-corrected chi connectivity index (χ1v) is 7.91. The summed E-state index contributed by atoms with van der Waals surface area (Å²) in [5.74, 6) is 1.17. The summed E-state index contributed by atoms with van der Waals surface area (Å²) in [7, 11) is 0. The van der Waals surface area contributed by atoms with Crippen LogP contribution in [0.3, 0.4) is 0 Å². The van der Waals surface area contributed by atoms with Crippen LogP contribution in [0.4, 0.5) is 11.9 Å². The standard InChI is InChI=1S/C14H24N6O/c1-3-15-12-17-13(19-14(18-12)21-4-2)16-10-7-8-20(9-10)11-5-6-11/h10-11H,3-9H2,1-2H3,(H2,15,16,17,18,19). The van der Waals surface area contributed by atoms with Crippen LogP contribution in [-0.2, 0) is 0 Å². The second-order valence-corrected chi connectivity index (χ2v) is 5.58. The van der Waals surface area contributed by atoms with Gasteiger partial charge in [0.2, 0.25) is 11.9 Å². The van der Waals surface area contributed by atoms with Crippen LogP contribution >= 0.6 is 0 Å². The van der Waals surface area contributed by atoms with Gasteiger partial charge in [-0.25, -0.2) is 0 Å². The van der Waals surface area contributed by atoms with Crippen molar-refractivity contribution in [3.8, 4) is 6.01 Å². The van der Waals surface area contributed by atoms with Crippen molar-refractivity contribution in [3.63, 3.8) is 0 Å². The molecule has 2 N–H and O–H groups in total. The first-order chi connectivity index (χ1) is 10.3. The van der Waals surface area contributed by atoms with Gasteiger partial charge in [0, 0.05) is 31.7 Å². The number of nitrogens with one attached hydrogen (secondary N) is 2. The Morgan fingerprint density at radius 3 is 2.67 bits per heavy atom. The highest BCUT2D eigenvalue weighted by molar-refractivity contribution is 5.36. The predicted octanol–water partition coefficient (Wildman–Crippen LogP) is 1.35. The van der Waals surface area contributed by atoms with E-state index in [1.807, 2.05) is 13.8 Å². The quantitative estimate of drug-likeness (QED) is 0.785. The van der Waals surface area contributed by atoms with Crippen molar-refractivity contribution in [2.75, 3.05) is 36.9 Å². The number of hydrogen-bond acceptors (Lipinski definition) is 7. The van der Waals surface area contributed by atoms with Gasteiger partial charge in [0.25, 0.3) is 0 Å². The molecule has 1 aromatic rings. The van der Waals surface area contributed by atoms with Gasteiger partial charge in [-0.1, -0.05) is 0 Å². The summed E-state index contributed by atoms with van der Waals surface area (Å²) in [5, 5.41) is 6.54. The van der Waals surface area contributed by atoms with Crippen molar-refractivity contribution >= 4 is 11.9 Å². The molecule has 1 aliphatic heterocycles.